The molecule has 0 radical (unpaired) electrons. The molecule has 1 aromatic rings. The van der Waals surface area contributed by atoms with E-state index in [1.807, 2.05) is 0 Å². The molecular weight excluding hydrogens is 192 g/mol. The Kier molecular flexibility index (Phi) is 3.48. The van der Waals surface area contributed by atoms with Crippen LogP contribution in [0.2, 0.25) is 0 Å². The van der Waals surface area contributed by atoms with E-state index in [1.54, 1.807) is 11.1 Å². The van der Waals surface area contributed by atoms with E-state index in [0.717, 1.165) is 5.92 Å². The van der Waals surface area contributed by atoms with E-state index in [1.165, 1.54) is 36.8 Å². The second kappa shape index (κ2) is 4.86. The van der Waals surface area contributed by atoms with Crippen LogP contribution in [-0.2, 0) is 0 Å². The van der Waals surface area contributed by atoms with Crippen LogP contribution in [0.25, 0.3) is 5.57 Å². The summed E-state index contributed by atoms with van der Waals surface area (Å²) in [4.78, 5) is 0. The van der Waals surface area contributed by atoms with Gasteiger partial charge in [0, 0.05) is 0 Å². The van der Waals surface area contributed by atoms with Crippen molar-refractivity contribution in [2.45, 2.75) is 46.5 Å². The molecule has 0 N–H and O–H groups in total. The monoisotopic (exact) mass is 214 g/mol. The van der Waals surface area contributed by atoms with Crippen LogP contribution in [0.3, 0.4) is 0 Å². The molecule has 0 aliphatic heterocycles. The first-order valence-electron chi connectivity index (χ1n) is 6.47. The lowest BCUT2D eigenvalue weighted by Gasteiger charge is -2.25. The molecule has 2 rings (SSSR count). The second-order valence-corrected chi connectivity index (χ2v) is 5.09. The molecule has 0 fully saturated rings. The van der Waals surface area contributed by atoms with Gasteiger partial charge in [-0.05, 0) is 55.7 Å². The van der Waals surface area contributed by atoms with Crippen LogP contribution in [0.15, 0.2) is 29.8 Å². The minimum Gasteiger partial charge on any atom is -0.0692 e. The maximum absolute atomic E-state index is 2.32. The summed E-state index contributed by atoms with van der Waals surface area (Å²) in [6.45, 7) is 6.86. The van der Waals surface area contributed by atoms with Gasteiger partial charge in [0.25, 0.3) is 0 Å². The molecule has 86 valence electrons. The van der Waals surface area contributed by atoms with E-state index in [-0.39, 0.29) is 0 Å². The summed E-state index contributed by atoms with van der Waals surface area (Å²) in [5.74, 6) is 0.924. The molecule has 1 aliphatic carbocycles. The Hall–Kier alpha value is -1.04. The van der Waals surface area contributed by atoms with Gasteiger partial charge in [-0.3, -0.25) is 0 Å². The molecule has 1 atom stereocenters. The highest BCUT2D eigenvalue weighted by atomic mass is 14.2. The van der Waals surface area contributed by atoms with Gasteiger partial charge in [0.15, 0.2) is 0 Å². The van der Waals surface area contributed by atoms with Gasteiger partial charge in [0.2, 0.25) is 0 Å². The largest absolute Gasteiger partial charge is 0.0692 e. The van der Waals surface area contributed by atoms with Gasteiger partial charge in [-0.2, -0.15) is 0 Å². The fourth-order valence-corrected chi connectivity index (χ4v) is 2.84. The lowest BCUT2D eigenvalue weighted by Crippen LogP contribution is -2.08. The Morgan fingerprint density at radius 1 is 1.19 bits per heavy atom. The van der Waals surface area contributed by atoms with E-state index >= 15 is 0 Å². The smallest absolute Gasteiger partial charge is 0.0196 e. The third-order valence-electron chi connectivity index (χ3n) is 3.96. The third kappa shape index (κ3) is 2.21. The third-order valence-corrected chi connectivity index (χ3v) is 3.96. The van der Waals surface area contributed by atoms with Crippen LogP contribution >= 0.6 is 0 Å². The van der Waals surface area contributed by atoms with Gasteiger partial charge < -0.3 is 0 Å². The summed E-state index contributed by atoms with van der Waals surface area (Å²) in [5, 5.41) is 0. The molecule has 1 aliphatic rings. The molecule has 0 nitrogen and oxygen atoms in total. The highest BCUT2D eigenvalue weighted by Crippen LogP contribution is 2.37. The average molecular weight is 214 g/mol. The SMILES string of the molecule is CCC1CCC(c2ccccc2C)=C(C)C1. The first-order chi connectivity index (χ1) is 7.72. The molecule has 0 heterocycles. The van der Waals surface area contributed by atoms with Gasteiger partial charge in [0.1, 0.15) is 0 Å². The fraction of sp³-hybridized carbons (Fsp3) is 0.500. The number of hydrogen-bond acceptors (Lipinski definition) is 0. The maximum Gasteiger partial charge on any atom is -0.0196 e. The van der Waals surface area contributed by atoms with Crippen LogP contribution in [0.1, 0.15) is 50.7 Å². The predicted octanol–water partition coefficient (Wildman–Crippen LogP) is 4.98. The van der Waals surface area contributed by atoms with Crippen molar-refractivity contribution in [1.29, 1.82) is 0 Å². The summed E-state index contributed by atoms with van der Waals surface area (Å²) >= 11 is 0. The Morgan fingerprint density at radius 2 is 1.94 bits per heavy atom. The number of hydrogen-bond donors (Lipinski definition) is 0. The van der Waals surface area contributed by atoms with Crippen molar-refractivity contribution >= 4 is 5.57 Å². The predicted molar refractivity (Wildman–Crippen MR) is 71.4 cm³/mol. The second-order valence-electron chi connectivity index (χ2n) is 5.09. The minimum absolute atomic E-state index is 0.924. The number of allylic oxidation sites excluding steroid dienone is 2. The van der Waals surface area contributed by atoms with Crippen LogP contribution in [0.4, 0.5) is 0 Å². The molecule has 0 heteroatoms. The zero-order chi connectivity index (χ0) is 11.5. The molecule has 0 bridgehead atoms. The molecule has 0 saturated heterocycles. The van der Waals surface area contributed by atoms with Crippen molar-refractivity contribution in [3.63, 3.8) is 0 Å². The van der Waals surface area contributed by atoms with Crippen molar-refractivity contribution in [2.75, 3.05) is 0 Å². The van der Waals surface area contributed by atoms with Crippen molar-refractivity contribution in [2.24, 2.45) is 5.92 Å². The molecule has 0 amide bonds. The number of rotatable bonds is 2. The number of aryl methyl sites for hydroxylation is 1. The molecular formula is C16H22. The zero-order valence-corrected chi connectivity index (χ0v) is 10.7. The lowest BCUT2D eigenvalue weighted by atomic mass is 9.80. The van der Waals surface area contributed by atoms with E-state index in [9.17, 15) is 0 Å². The zero-order valence-electron chi connectivity index (χ0n) is 10.7. The fourth-order valence-electron chi connectivity index (χ4n) is 2.84. The molecule has 0 aromatic heterocycles. The highest BCUT2D eigenvalue weighted by Gasteiger charge is 2.18. The Bertz CT molecular complexity index is 398. The van der Waals surface area contributed by atoms with Gasteiger partial charge in [-0.15, -0.1) is 0 Å². The summed E-state index contributed by atoms with van der Waals surface area (Å²) in [6.07, 6.45) is 5.28. The summed E-state index contributed by atoms with van der Waals surface area (Å²) in [6, 6.07) is 8.79. The molecule has 0 spiro atoms. The maximum atomic E-state index is 2.32. The van der Waals surface area contributed by atoms with Gasteiger partial charge in [-0.25, -0.2) is 0 Å². The van der Waals surface area contributed by atoms with E-state index in [4.69, 9.17) is 0 Å². The molecule has 16 heavy (non-hydrogen) atoms. The van der Waals surface area contributed by atoms with Gasteiger partial charge in [-0.1, -0.05) is 43.2 Å². The summed E-state index contributed by atoms with van der Waals surface area (Å²) in [7, 11) is 0. The molecule has 1 unspecified atom stereocenters. The quantitative estimate of drug-likeness (QED) is 0.651. The van der Waals surface area contributed by atoms with E-state index in [2.05, 4.69) is 45.0 Å². The van der Waals surface area contributed by atoms with Crippen LogP contribution in [0.5, 0.6) is 0 Å². The normalized spacial score (nSPS) is 21.3. The number of benzene rings is 1. The van der Waals surface area contributed by atoms with Crippen molar-refractivity contribution in [3.8, 4) is 0 Å². The van der Waals surface area contributed by atoms with Crippen molar-refractivity contribution < 1.29 is 0 Å². The van der Waals surface area contributed by atoms with Crippen molar-refractivity contribution in [3.05, 3.63) is 41.0 Å². The van der Waals surface area contributed by atoms with Gasteiger partial charge in [0.05, 0.1) is 0 Å². The topological polar surface area (TPSA) is 0 Å². The van der Waals surface area contributed by atoms with Crippen LogP contribution in [-0.4, -0.2) is 0 Å². The first-order valence-corrected chi connectivity index (χ1v) is 6.47. The van der Waals surface area contributed by atoms with Gasteiger partial charge >= 0.3 is 0 Å². The average Bonchev–Trinajstić information content (AvgIpc) is 2.30. The summed E-state index contributed by atoms with van der Waals surface area (Å²) < 4.78 is 0. The minimum atomic E-state index is 0.924. The Labute approximate surface area is 99.4 Å². The standard InChI is InChI=1S/C16H22/c1-4-14-9-10-16(13(3)11-14)15-8-6-5-7-12(15)2/h5-8,14H,4,9-11H2,1-3H3. The summed E-state index contributed by atoms with van der Waals surface area (Å²) in [5.41, 5.74) is 6.14. The van der Waals surface area contributed by atoms with Crippen LogP contribution in [0, 0.1) is 12.8 Å². The molecule has 1 aromatic carbocycles. The highest BCUT2D eigenvalue weighted by molar-refractivity contribution is 5.71. The van der Waals surface area contributed by atoms with E-state index in [0.29, 0.717) is 0 Å². The first kappa shape index (κ1) is 11.4. The lowest BCUT2D eigenvalue weighted by molar-refractivity contribution is 0.457. The Morgan fingerprint density at radius 3 is 2.56 bits per heavy atom. The van der Waals surface area contributed by atoms with E-state index < -0.39 is 0 Å². The van der Waals surface area contributed by atoms with Crippen molar-refractivity contribution in [1.82, 2.24) is 0 Å². The Balaban J connectivity index is 2.32. The molecule has 0 saturated carbocycles. The van der Waals surface area contributed by atoms with Crippen LogP contribution < -0.4 is 0 Å².